The van der Waals surface area contributed by atoms with E-state index in [1.165, 1.54) is 0 Å². The van der Waals surface area contributed by atoms with Gasteiger partial charge in [-0.15, -0.1) is 5.10 Å². The first-order valence-corrected chi connectivity index (χ1v) is 12.9. The number of amides is 1. The van der Waals surface area contributed by atoms with Crippen LogP contribution in [0.15, 0.2) is 24.5 Å². The van der Waals surface area contributed by atoms with Crippen LogP contribution in [0.2, 0.25) is 0 Å². The van der Waals surface area contributed by atoms with E-state index in [0.717, 1.165) is 85.7 Å². The molecule has 3 aliphatic rings. The third kappa shape index (κ3) is 4.21. The molecule has 0 aliphatic carbocycles. The Morgan fingerprint density at radius 1 is 1.19 bits per heavy atom. The van der Waals surface area contributed by atoms with E-state index in [1.807, 2.05) is 23.1 Å². The number of fused-ring (bicyclic) bond motifs is 2. The molecule has 1 amide bonds. The molecule has 3 aliphatic heterocycles. The fourth-order valence-electron chi connectivity index (χ4n) is 5.75. The number of carboxylic acid groups (broad SMARTS) is 1. The predicted octanol–water partition coefficient (Wildman–Crippen LogP) is 3.63. The summed E-state index contributed by atoms with van der Waals surface area (Å²) in [5, 5.41) is 16.8. The molecule has 2 saturated heterocycles. The Bertz CT molecular complexity index is 1260. The summed E-state index contributed by atoms with van der Waals surface area (Å²) in [4.78, 5) is 30.1. The molecule has 0 aromatic carbocycles. The summed E-state index contributed by atoms with van der Waals surface area (Å²) in [5.74, 6) is 1.58. The van der Waals surface area contributed by atoms with E-state index < -0.39 is 6.09 Å². The highest BCUT2D eigenvalue weighted by Gasteiger charge is 2.31. The normalized spacial score (nSPS) is 24.5. The van der Waals surface area contributed by atoms with Crippen LogP contribution in [0.25, 0.3) is 11.2 Å². The average Bonchev–Trinajstić information content (AvgIpc) is 3.27. The van der Waals surface area contributed by atoms with Crippen molar-refractivity contribution in [1.82, 2.24) is 30.0 Å². The van der Waals surface area contributed by atoms with Gasteiger partial charge in [0, 0.05) is 38.0 Å². The monoisotopic (exact) mass is 492 g/mol. The minimum absolute atomic E-state index is 0.0500. The Morgan fingerprint density at radius 3 is 2.92 bits per heavy atom. The van der Waals surface area contributed by atoms with E-state index in [-0.39, 0.29) is 18.3 Å². The molecule has 36 heavy (non-hydrogen) atoms. The number of piperidine rings is 1. The van der Waals surface area contributed by atoms with Crippen molar-refractivity contribution in [1.29, 1.82) is 0 Å². The molecule has 3 aromatic rings. The van der Waals surface area contributed by atoms with Gasteiger partial charge in [-0.25, -0.2) is 19.4 Å². The lowest BCUT2D eigenvalue weighted by Gasteiger charge is -2.38. The van der Waals surface area contributed by atoms with E-state index >= 15 is 0 Å². The maximum Gasteiger partial charge on any atom is 0.404 e. The number of anilines is 3. The summed E-state index contributed by atoms with van der Waals surface area (Å²) in [6.07, 6.45) is 8.98. The number of carbonyl (C=O) groups is 1. The second-order valence-electron chi connectivity index (χ2n) is 9.93. The number of aromatic nitrogens is 5. The number of nitrogens with zero attached hydrogens (tertiary/aromatic N) is 7. The molecular weight excluding hydrogens is 460 g/mol. The molecule has 190 valence electrons. The lowest BCUT2D eigenvalue weighted by atomic mass is 9.98. The molecule has 3 unspecified atom stereocenters. The second kappa shape index (κ2) is 9.53. The molecule has 6 heterocycles. The maximum atomic E-state index is 11.1. The van der Waals surface area contributed by atoms with E-state index in [2.05, 4.69) is 33.1 Å². The first kappa shape index (κ1) is 23.0. The SMILES string of the molecule is CC1CC(NC(=O)O)CCN1c1cnc2c(N3CCCc4ncccc43)nn(C3CCCCO3)c2n1. The van der Waals surface area contributed by atoms with Crippen molar-refractivity contribution in [2.75, 3.05) is 29.5 Å². The summed E-state index contributed by atoms with van der Waals surface area (Å²) in [5.41, 5.74) is 3.65. The van der Waals surface area contributed by atoms with Crippen LogP contribution in [-0.2, 0) is 11.2 Å². The van der Waals surface area contributed by atoms with Gasteiger partial charge < -0.3 is 25.0 Å². The summed E-state index contributed by atoms with van der Waals surface area (Å²) >= 11 is 0. The first-order chi connectivity index (χ1) is 17.6. The van der Waals surface area contributed by atoms with Gasteiger partial charge in [0.25, 0.3) is 0 Å². The van der Waals surface area contributed by atoms with E-state index in [0.29, 0.717) is 13.2 Å². The summed E-state index contributed by atoms with van der Waals surface area (Å²) in [7, 11) is 0. The Morgan fingerprint density at radius 2 is 2.11 bits per heavy atom. The highest BCUT2D eigenvalue weighted by Crippen LogP contribution is 2.37. The molecule has 2 fully saturated rings. The van der Waals surface area contributed by atoms with Crippen molar-refractivity contribution in [3.63, 3.8) is 0 Å². The van der Waals surface area contributed by atoms with Crippen molar-refractivity contribution >= 4 is 34.6 Å². The number of ether oxygens (including phenoxy) is 1. The first-order valence-electron chi connectivity index (χ1n) is 12.9. The van der Waals surface area contributed by atoms with Crippen molar-refractivity contribution in [3.8, 4) is 0 Å². The molecule has 2 N–H and O–H groups in total. The largest absolute Gasteiger partial charge is 0.465 e. The Balaban J connectivity index is 1.39. The van der Waals surface area contributed by atoms with Gasteiger partial charge in [-0.1, -0.05) is 0 Å². The number of aryl methyl sites for hydroxylation is 1. The number of hydrogen-bond acceptors (Lipinski definition) is 8. The zero-order valence-electron chi connectivity index (χ0n) is 20.5. The van der Waals surface area contributed by atoms with Gasteiger partial charge in [0.2, 0.25) is 0 Å². The molecule has 11 nitrogen and oxygen atoms in total. The molecule has 0 radical (unpaired) electrons. The number of nitrogens with one attached hydrogen (secondary N) is 1. The quantitative estimate of drug-likeness (QED) is 0.562. The molecule has 0 bridgehead atoms. The van der Waals surface area contributed by atoms with Gasteiger partial charge in [0.15, 0.2) is 23.2 Å². The van der Waals surface area contributed by atoms with Crippen LogP contribution in [0, 0.1) is 0 Å². The summed E-state index contributed by atoms with van der Waals surface area (Å²) in [6.45, 7) is 4.37. The zero-order valence-corrected chi connectivity index (χ0v) is 20.5. The van der Waals surface area contributed by atoms with Gasteiger partial charge in [-0.3, -0.25) is 4.98 Å². The molecule has 0 spiro atoms. The fraction of sp³-hybridized carbons (Fsp3) is 0.560. The second-order valence-corrected chi connectivity index (χ2v) is 9.93. The average molecular weight is 493 g/mol. The third-order valence-electron chi connectivity index (χ3n) is 7.51. The molecule has 3 aromatic heterocycles. The highest BCUT2D eigenvalue weighted by atomic mass is 16.5. The molecule has 3 atom stereocenters. The Kier molecular flexibility index (Phi) is 6.08. The third-order valence-corrected chi connectivity index (χ3v) is 7.51. The van der Waals surface area contributed by atoms with Gasteiger partial charge in [0.05, 0.1) is 17.6 Å². The van der Waals surface area contributed by atoms with Crippen LogP contribution in [-0.4, -0.2) is 67.7 Å². The molecule has 0 saturated carbocycles. The van der Waals surface area contributed by atoms with Crippen LogP contribution in [0.5, 0.6) is 0 Å². The molecule has 6 rings (SSSR count). The van der Waals surface area contributed by atoms with E-state index in [4.69, 9.17) is 24.9 Å². The van der Waals surface area contributed by atoms with Crippen molar-refractivity contribution in [2.45, 2.75) is 70.2 Å². The summed E-state index contributed by atoms with van der Waals surface area (Å²) < 4.78 is 8.05. The number of rotatable bonds is 4. The maximum absolute atomic E-state index is 11.1. The lowest BCUT2D eigenvalue weighted by Crippen LogP contribution is -2.49. The van der Waals surface area contributed by atoms with Gasteiger partial charge in [0.1, 0.15) is 5.82 Å². The van der Waals surface area contributed by atoms with Crippen LogP contribution < -0.4 is 15.1 Å². The predicted molar refractivity (Wildman–Crippen MR) is 135 cm³/mol. The van der Waals surface area contributed by atoms with Crippen molar-refractivity contribution < 1.29 is 14.6 Å². The molecular formula is C25H32N8O3. The van der Waals surface area contributed by atoms with E-state index in [1.54, 1.807) is 0 Å². The minimum atomic E-state index is -0.972. The van der Waals surface area contributed by atoms with Gasteiger partial charge in [-0.2, -0.15) is 0 Å². The number of hydrogen-bond donors (Lipinski definition) is 2. The van der Waals surface area contributed by atoms with Gasteiger partial charge >= 0.3 is 6.09 Å². The van der Waals surface area contributed by atoms with Crippen LogP contribution in [0.4, 0.5) is 22.1 Å². The Labute approximate surface area is 209 Å². The topological polar surface area (TPSA) is 122 Å². The Hall–Kier alpha value is -3.47. The lowest BCUT2D eigenvalue weighted by molar-refractivity contribution is -0.0368. The zero-order chi connectivity index (χ0) is 24.6. The van der Waals surface area contributed by atoms with Crippen LogP contribution in [0.1, 0.15) is 57.4 Å². The van der Waals surface area contributed by atoms with Gasteiger partial charge in [-0.05, 0) is 64.0 Å². The number of pyridine rings is 1. The van der Waals surface area contributed by atoms with Crippen molar-refractivity contribution in [3.05, 3.63) is 30.2 Å². The van der Waals surface area contributed by atoms with Crippen LogP contribution >= 0.6 is 0 Å². The highest BCUT2D eigenvalue weighted by molar-refractivity contribution is 5.88. The fourth-order valence-corrected chi connectivity index (χ4v) is 5.75. The minimum Gasteiger partial charge on any atom is -0.465 e. The summed E-state index contributed by atoms with van der Waals surface area (Å²) in [6, 6.07) is 4.15. The standard InChI is InChI=1S/C25H32N8O3/c1-16-14-17(28-25(34)35)9-12-31(16)20-15-27-22-23(29-20)33(21-8-2-3-13-36-21)30-24(22)32-11-5-6-18-19(32)7-4-10-26-18/h4,7,10,15-17,21,28H,2-3,5-6,8-9,11-14H2,1H3,(H,34,35). The van der Waals surface area contributed by atoms with Crippen molar-refractivity contribution in [2.24, 2.45) is 0 Å². The van der Waals surface area contributed by atoms with Crippen LogP contribution in [0.3, 0.4) is 0 Å². The molecule has 11 heteroatoms. The smallest absolute Gasteiger partial charge is 0.404 e. The van der Waals surface area contributed by atoms with E-state index in [9.17, 15) is 4.79 Å².